The number of fused-ring (bicyclic) bond motifs is 2. The van der Waals surface area contributed by atoms with E-state index in [0.29, 0.717) is 35.9 Å². The molecule has 23 heavy (non-hydrogen) atoms. The zero-order chi connectivity index (χ0) is 15.4. The number of carbonyl (C=O) groups excluding carboxylic acids is 1. The van der Waals surface area contributed by atoms with Crippen molar-refractivity contribution in [1.82, 2.24) is 10.2 Å². The number of nitrogens with zero attached hydrogens (tertiary/aromatic N) is 1. The van der Waals surface area contributed by atoms with Crippen molar-refractivity contribution in [2.75, 3.05) is 19.7 Å². The molecule has 128 valence electrons. The van der Waals surface area contributed by atoms with Crippen LogP contribution in [0.5, 0.6) is 5.75 Å². The molecular formula is C17H24Cl2N2O2. The van der Waals surface area contributed by atoms with Crippen LogP contribution in [0.1, 0.15) is 32.1 Å². The number of rotatable bonds is 5. The first-order valence-corrected chi connectivity index (χ1v) is 8.52. The van der Waals surface area contributed by atoms with Gasteiger partial charge in [0, 0.05) is 25.0 Å². The molecule has 2 aliphatic heterocycles. The minimum Gasteiger partial charge on any atom is -0.492 e. The molecule has 1 amide bonds. The van der Waals surface area contributed by atoms with E-state index in [4.69, 9.17) is 16.3 Å². The Morgan fingerprint density at radius 3 is 2.87 bits per heavy atom. The van der Waals surface area contributed by atoms with E-state index in [9.17, 15) is 4.79 Å². The molecule has 1 aromatic carbocycles. The van der Waals surface area contributed by atoms with Crippen LogP contribution in [0.25, 0.3) is 0 Å². The van der Waals surface area contributed by atoms with Gasteiger partial charge in [0.1, 0.15) is 5.75 Å². The van der Waals surface area contributed by atoms with Gasteiger partial charge in [0.05, 0.1) is 11.6 Å². The Balaban J connectivity index is 0.00000192. The standard InChI is InChI=1S/C17H23ClN2O2.ClH/c18-15-4-1-2-5-16(15)22-11-3-6-17(21)20-13-7-8-14(20)12-19-10-9-13;/h1-2,4-5,13-14,19H,3,6-12H2;1H. The highest BCUT2D eigenvalue weighted by Crippen LogP contribution is 2.29. The van der Waals surface area contributed by atoms with Crippen LogP contribution in [0, 0.1) is 0 Å². The Bertz CT molecular complexity index is 513. The van der Waals surface area contributed by atoms with Crippen LogP contribution in [0.3, 0.4) is 0 Å². The Morgan fingerprint density at radius 2 is 2.04 bits per heavy atom. The van der Waals surface area contributed by atoms with Crippen LogP contribution in [-0.2, 0) is 4.79 Å². The number of halogens is 2. The Morgan fingerprint density at radius 1 is 1.26 bits per heavy atom. The van der Waals surface area contributed by atoms with E-state index in [1.165, 1.54) is 0 Å². The van der Waals surface area contributed by atoms with Crippen molar-refractivity contribution in [3.8, 4) is 5.75 Å². The second-order valence-electron chi connectivity index (χ2n) is 6.06. The fourth-order valence-electron chi connectivity index (χ4n) is 3.49. The fourth-order valence-corrected chi connectivity index (χ4v) is 3.68. The van der Waals surface area contributed by atoms with Gasteiger partial charge in [-0.2, -0.15) is 0 Å². The van der Waals surface area contributed by atoms with Gasteiger partial charge in [0.15, 0.2) is 0 Å². The minimum atomic E-state index is 0. The van der Waals surface area contributed by atoms with Gasteiger partial charge in [-0.1, -0.05) is 23.7 Å². The van der Waals surface area contributed by atoms with Crippen LogP contribution in [0.2, 0.25) is 5.02 Å². The number of para-hydroxylation sites is 1. The maximum atomic E-state index is 12.5. The number of ether oxygens (including phenoxy) is 1. The Kier molecular flexibility index (Phi) is 7.00. The van der Waals surface area contributed by atoms with Crippen LogP contribution >= 0.6 is 24.0 Å². The Hall–Kier alpha value is -0.970. The molecule has 0 radical (unpaired) electrons. The third-order valence-corrected chi connectivity index (χ3v) is 4.88. The third kappa shape index (κ3) is 4.52. The second kappa shape index (κ2) is 8.76. The van der Waals surface area contributed by atoms with Gasteiger partial charge in [-0.15, -0.1) is 12.4 Å². The number of amides is 1. The maximum Gasteiger partial charge on any atom is 0.223 e. The van der Waals surface area contributed by atoms with Gasteiger partial charge >= 0.3 is 0 Å². The molecule has 2 saturated heterocycles. The molecule has 2 unspecified atom stereocenters. The molecule has 1 N–H and O–H groups in total. The van der Waals surface area contributed by atoms with Crippen LogP contribution < -0.4 is 10.1 Å². The summed E-state index contributed by atoms with van der Waals surface area (Å²) in [5, 5.41) is 4.04. The predicted molar refractivity (Wildman–Crippen MR) is 94.6 cm³/mol. The van der Waals surface area contributed by atoms with Crippen molar-refractivity contribution in [2.45, 2.75) is 44.2 Å². The molecule has 0 saturated carbocycles. The van der Waals surface area contributed by atoms with E-state index >= 15 is 0 Å². The first-order valence-electron chi connectivity index (χ1n) is 8.15. The first kappa shape index (κ1) is 18.4. The molecule has 0 aromatic heterocycles. The highest BCUT2D eigenvalue weighted by molar-refractivity contribution is 6.32. The van der Waals surface area contributed by atoms with E-state index in [-0.39, 0.29) is 18.3 Å². The van der Waals surface area contributed by atoms with Crippen molar-refractivity contribution >= 4 is 29.9 Å². The van der Waals surface area contributed by atoms with Crippen molar-refractivity contribution in [2.24, 2.45) is 0 Å². The summed E-state index contributed by atoms with van der Waals surface area (Å²) < 4.78 is 5.65. The minimum absolute atomic E-state index is 0. The monoisotopic (exact) mass is 358 g/mol. The normalized spacial score (nSPS) is 23.1. The average molecular weight is 359 g/mol. The Labute approximate surface area is 148 Å². The largest absolute Gasteiger partial charge is 0.492 e. The molecule has 1 aromatic rings. The fraction of sp³-hybridized carbons (Fsp3) is 0.588. The van der Waals surface area contributed by atoms with E-state index in [1.807, 2.05) is 24.3 Å². The lowest BCUT2D eigenvalue weighted by molar-refractivity contribution is -0.134. The molecule has 3 rings (SSSR count). The second-order valence-corrected chi connectivity index (χ2v) is 6.47. The van der Waals surface area contributed by atoms with Gasteiger partial charge in [0.25, 0.3) is 0 Å². The summed E-state index contributed by atoms with van der Waals surface area (Å²) in [6.07, 6.45) is 4.66. The van der Waals surface area contributed by atoms with E-state index < -0.39 is 0 Å². The lowest BCUT2D eigenvalue weighted by Gasteiger charge is -2.28. The molecule has 2 aliphatic rings. The van der Waals surface area contributed by atoms with E-state index in [1.54, 1.807) is 0 Å². The predicted octanol–water partition coefficient (Wildman–Crippen LogP) is 3.27. The third-order valence-electron chi connectivity index (χ3n) is 4.57. The lowest BCUT2D eigenvalue weighted by Crippen LogP contribution is -2.42. The molecule has 2 fully saturated rings. The first-order chi connectivity index (χ1) is 10.8. The summed E-state index contributed by atoms with van der Waals surface area (Å²) in [5.74, 6) is 0.967. The van der Waals surface area contributed by atoms with Crippen LogP contribution in [0.4, 0.5) is 0 Å². The van der Waals surface area contributed by atoms with Gasteiger partial charge in [0.2, 0.25) is 5.91 Å². The van der Waals surface area contributed by atoms with E-state index in [0.717, 1.165) is 38.8 Å². The van der Waals surface area contributed by atoms with E-state index in [2.05, 4.69) is 10.2 Å². The maximum absolute atomic E-state index is 12.5. The van der Waals surface area contributed by atoms with Crippen molar-refractivity contribution in [3.63, 3.8) is 0 Å². The SMILES string of the molecule is Cl.O=C(CCCOc1ccccc1Cl)N1C2CCNCC1CC2. The summed E-state index contributed by atoms with van der Waals surface area (Å²) in [4.78, 5) is 14.6. The highest BCUT2D eigenvalue weighted by atomic mass is 35.5. The molecule has 0 aliphatic carbocycles. The number of nitrogens with one attached hydrogen (secondary N) is 1. The number of carbonyl (C=O) groups is 1. The average Bonchev–Trinajstić information content (AvgIpc) is 2.78. The van der Waals surface area contributed by atoms with Crippen molar-refractivity contribution in [1.29, 1.82) is 0 Å². The molecular weight excluding hydrogens is 335 g/mol. The highest BCUT2D eigenvalue weighted by Gasteiger charge is 2.37. The topological polar surface area (TPSA) is 41.6 Å². The summed E-state index contributed by atoms with van der Waals surface area (Å²) in [6.45, 7) is 2.50. The van der Waals surface area contributed by atoms with Crippen LogP contribution in [0.15, 0.2) is 24.3 Å². The molecule has 4 nitrogen and oxygen atoms in total. The van der Waals surface area contributed by atoms with Gasteiger partial charge in [-0.25, -0.2) is 0 Å². The van der Waals surface area contributed by atoms with Gasteiger partial charge < -0.3 is 15.0 Å². The van der Waals surface area contributed by atoms with Crippen molar-refractivity contribution in [3.05, 3.63) is 29.3 Å². The summed E-state index contributed by atoms with van der Waals surface area (Å²) in [5.41, 5.74) is 0. The van der Waals surface area contributed by atoms with Crippen molar-refractivity contribution < 1.29 is 9.53 Å². The van der Waals surface area contributed by atoms with Gasteiger partial charge in [-0.3, -0.25) is 4.79 Å². The smallest absolute Gasteiger partial charge is 0.223 e. The molecule has 2 bridgehead atoms. The lowest BCUT2D eigenvalue weighted by atomic mass is 10.1. The molecule has 2 atom stereocenters. The van der Waals surface area contributed by atoms with Gasteiger partial charge in [-0.05, 0) is 44.4 Å². The zero-order valence-electron chi connectivity index (χ0n) is 13.2. The summed E-state index contributed by atoms with van der Waals surface area (Å²) in [7, 11) is 0. The number of hydrogen-bond acceptors (Lipinski definition) is 3. The summed E-state index contributed by atoms with van der Waals surface area (Å²) in [6, 6.07) is 8.27. The number of benzene rings is 1. The zero-order valence-corrected chi connectivity index (χ0v) is 14.7. The molecule has 6 heteroatoms. The molecule has 2 heterocycles. The summed E-state index contributed by atoms with van der Waals surface area (Å²) >= 11 is 6.04. The number of hydrogen-bond donors (Lipinski definition) is 1. The van der Waals surface area contributed by atoms with Crippen LogP contribution in [-0.4, -0.2) is 42.6 Å². The quantitative estimate of drug-likeness (QED) is 0.821. The molecule has 0 spiro atoms.